The quantitative estimate of drug-likeness (QED) is 0.545. The molecule has 0 N–H and O–H groups in total. The van der Waals surface area contributed by atoms with Crippen LogP contribution in [0, 0.1) is 0 Å². The van der Waals surface area contributed by atoms with Crippen molar-refractivity contribution in [2.45, 2.75) is 12.5 Å². The summed E-state index contributed by atoms with van der Waals surface area (Å²) in [6, 6.07) is 4.61. The van der Waals surface area contributed by atoms with Crippen molar-refractivity contribution in [1.29, 1.82) is 0 Å². The molecule has 0 saturated heterocycles. The summed E-state index contributed by atoms with van der Waals surface area (Å²) in [5.41, 5.74) is -1.47. The van der Waals surface area contributed by atoms with E-state index in [1.807, 2.05) is 0 Å². The van der Waals surface area contributed by atoms with Gasteiger partial charge in [-0.15, -0.1) is 13.2 Å². The predicted molar refractivity (Wildman–Crippen MR) is 66.4 cm³/mol. The van der Waals surface area contributed by atoms with Gasteiger partial charge in [-0.2, -0.15) is 13.2 Å². The summed E-state index contributed by atoms with van der Waals surface area (Å²) in [4.78, 5) is 3.57. The average Bonchev–Trinajstić information content (AvgIpc) is 2.37. The topological polar surface area (TPSA) is 22.1 Å². The van der Waals surface area contributed by atoms with E-state index >= 15 is 0 Å². The normalized spacial score (nSPS) is 12.3. The SMILES string of the molecule is FC(F)(F)Oc1ccc(-c2c(C(F)(F)F)ccnc2Cl)cc1. The van der Waals surface area contributed by atoms with Crippen LogP contribution < -0.4 is 4.74 Å². The van der Waals surface area contributed by atoms with Crippen molar-refractivity contribution in [3.8, 4) is 16.9 Å². The molecular formula is C13H6ClF6NO. The molecule has 0 amide bonds. The van der Waals surface area contributed by atoms with E-state index in [0.29, 0.717) is 0 Å². The van der Waals surface area contributed by atoms with Crippen LogP contribution >= 0.6 is 11.6 Å². The van der Waals surface area contributed by atoms with Gasteiger partial charge in [0.05, 0.1) is 5.56 Å². The maximum absolute atomic E-state index is 13.0. The zero-order chi connectivity index (χ0) is 16.5. The Hall–Kier alpha value is -1.96. The minimum absolute atomic E-state index is 0.0278. The maximum atomic E-state index is 13.0. The summed E-state index contributed by atoms with van der Waals surface area (Å²) >= 11 is 5.69. The van der Waals surface area contributed by atoms with E-state index in [-0.39, 0.29) is 5.56 Å². The lowest BCUT2D eigenvalue weighted by molar-refractivity contribution is -0.274. The summed E-state index contributed by atoms with van der Waals surface area (Å²) in [5.74, 6) is -0.551. The highest BCUT2D eigenvalue weighted by atomic mass is 35.5. The first-order valence-electron chi connectivity index (χ1n) is 5.66. The van der Waals surface area contributed by atoms with Gasteiger partial charge in [-0.05, 0) is 23.8 Å². The van der Waals surface area contributed by atoms with Crippen LogP contribution in [-0.2, 0) is 6.18 Å². The summed E-state index contributed by atoms with van der Waals surface area (Å²) in [6.45, 7) is 0. The molecule has 0 bridgehead atoms. The van der Waals surface area contributed by atoms with E-state index in [0.717, 1.165) is 36.5 Å². The van der Waals surface area contributed by atoms with Gasteiger partial charge >= 0.3 is 12.5 Å². The highest BCUT2D eigenvalue weighted by molar-refractivity contribution is 6.32. The lowest BCUT2D eigenvalue weighted by Gasteiger charge is -2.14. The minimum Gasteiger partial charge on any atom is -0.406 e. The molecule has 1 heterocycles. The number of halogens is 7. The zero-order valence-corrected chi connectivity index (χ0v) is 11.2. The fourth-order valence-electron chi connectivity index (χ4n) is 1.77. The molecule has 9 heteroatoms. The number of rotatable bonds is 2. The number of pyridine rings is 1. The molecular weight excluding hydrogens is 336 g/mol. The van der Waals surface area contributed by atoms with Gasteiger partial charge < -0.3 is 4.74 Å². The number of hydrogen-bond donors (Lipinski definition) is 0. The molecule has 0 fully saturated rings. The van der Waals surface area contributed by atoms with E-state index < -0.39 is 34.6 Å². The molecule has 0 aliphatic carbocycles. The molecule has 0 aliphatic heterocycles. The van der Waals surface area contributed by atoms with Crippen molar-refractivity contribution in [3.63, 3.8) is 0 Å². The van der Waals surface area contributed by atoms with Crippen LogP contribution in [0.2, 0.25) is 5.15 Å². The predicted octanol–water partition coefficient (Wildman–Crippen LogP) is 5.32. The van der Waals surface area contributed by atoms with Crippen molar-refractivity contribution in [2.75, 3.05) is 0 Å². The second-order valence-corrected chi connectivity index (χ2v) is 4.45. The number of nitrogens with zero attached hydrogens (tertiary/aromatic N) is 1. The third-order valence-electron chi connectivity index (χ3n) is 2.59. The molecule has 0 aliphatic rings. The Balaban J connectivity index is 2.45. The maximum Gasteiger partial charge on any atom is 0.573 e. The number of benzene rings is 1. The van der Waals surface area contributed by atoms with Gasteiger partial charge in [-0.3, -0.25) is 0 Å². The summed E-state index contributed by atoms with van der Waals surface area (Å²) in [6.07, 6.45) is -8.66. The summed E-state index contributed by atoms with van der Waals surface area (Å²) in [7, 11) is 0. The van der Waals surface area contributed by atoms with Gasteiger partial charge in [0.2, 0.25) is 0 Å². The first-order valence-corrected chi connectivity index (χ1v) is 6.03. The minimum atomic E-state index is -4.88. The van der Waals surface area contributed by atoms with Gasteiger partial charge in [0.15, 0.2) is 0 Å². The van der Waals surface area contributed by atoms with Crippen molar-refractivity contribution in [3.05, 3.63) is 47.2 Å². The van der Waals surface area contributed by atoms with Crippen LogP contribution in [0.1, 0.15) is 5.56 Å². The Bertz CT molecular complexity index is 666. The Morgan fingerprint density at radius 2 is 1.50 bits per heavy atom. The molecule has 0 spiro atoms. The molecule has 2 rings (SSSR count). The standard InChI is InChI=1S/C13H6ClF6NO/c14-11-10(9(5-6-21-11)12(15,16)17)7-1-3-8(4-2-7)22-13(18,19)20/h1-6H. The van der Waals surface area contributed by atoms with E-state index in [1.54, 1.807) is 0 Å². The fourth-order valence-corrected chi connectivity index (χ4v) is 2.04. The highest BCUT2D eigenvalue weighted by Gasteiger charge is 2.35. The van der Waals surface area contributed by atoms with Gasteiger partial charge in [-0.1, -0.05) is 23.7 Å². The van der Waals surface area contributed by atoms with E-state index in [4.69, 9.17) is 11.6 Å². The first kappa shape index (κ1) is 16.4. The van der Waals surface area contributed by atoms with Crippen LogP contribution in [0.5, 0.6) is 5.75 Å². The van der Waals surface area contributed by atoms with Crippen LogP contribution in [0.3, 0.4) is 0 Å². The summed E-state index contributed by atoms with van der Waals surface area (Å²) < 4.78 is 78.7. The third-order valence-corrected chi connectivity index (χ3v) is 2.87. The van der Waals surface area contributed by atoms with Crippen LogP contribution in [0.25, 0.3) is 11.1 Å². The van der Waals surface area contributed by atoms with Crippen molar-refractivity contribution < 1.29 is 31.1 Å². The smallest absolute Gasteiger partial charge is 0.406 e. The second-order valence-electron chi connectivity index (χ2n) is 4.09. The Morgan fingerprint density at radius 1 is 0.909 bits per heavy atom. The first-order chi connectivity index (χ1) is 10.1. The zero-order valence-electron chi connectivity index (χ0n) is 10.5. The van der Waals surface area contributed by atoms with Crippen molar-refractivity contribution in [1.82, 2.24) is 4.98 Å². The Labute approximate surface area is 125 Å². The van der Waals surface area contributed by atoms with Crippen molar-refractivity contribution in [2.24, 2.45) is 0 Å². The molecule has 2 aromatic rings. The lowest BCUT2D eigenvalue weighted by Crippen LogP contribution is -2.17. The molecule has 0 atom stereocenters. The third kappa shape index (κ3) is 3.82. The molecule has 1 aromatic carbocycles. The van der Waals surface area contributed by atoms with E-state index in [2.05, 4.69) is 9.72 Å². The fraction of sp³-hybridized carbons (Fsp3) is 0.154. The number of aromatic nitrogens is 1. The van der Waals surface area contributed by atoms with Crippen LogP contribution in [0.4, 0.5) is 26.3 Å². The van der Waals surface area contributed by atoms with Crippen LogP contribution in [-0.4, -0.2) is 11.3 Å². The van der Waals surface area contributed by atoms with Gasteiger partial charge in [-0.25, -0.2) is 4.98 Å². The highest BCUT2D eigenvalue weighted by Crippen LogP contribution is 2.40. The van der Waals surface area contributed by atoms with E-state index in [9.17, 15) is 26.3 Å². The van der Waals surface area contributed by atoms with Gasteiger partial charge in [0.25, 0.3) is 0 Å². The molecule has 0 radical (unpaired) electrons. The molecule has 0 unspecified atom stereocenters. The van der Waals surface area contributed by atoms with E-state index in [1.165, 1.54) is 0 Å². The Kier molecular flexibility index (Phi) is 4.23. The average molecular weight is 342 g/mol. The second kappa shape index (κ2) is 5.68. The number of alkyl halides is 6. The monoisotopic (exact) mass is 341 g/mol. The molecule has 0 saturated carbocycles. The summed E-state index contributed by atoms with van der Waals surface area (Å²) in [5, 5.41) is -0.403. The van der Waals surface area contributed by atoms with Crippen molar-refractivity contribution >= 4 is 11.6 Å². The van der Waals surface area contributed by atoms with Gasteiger partial charge in [0.1, 0.15) is 10.9 Å². The number of ether oxygens (including phenoxy) is 1. The molecule has 118 valence electrons. The largest absolute Gasteiger partial charge is 0.573 e. The Morgan fingerprint density at radius 3 is 2.00 bits per heavy atom. The lowest BCUT2D eigenvalue weighted by atomic mass is 10.0. The molecule has 1 aromatic heterocycles. The molecule has 22 heavy (non-hydrogen) atoms. The van der Waals surface area contributed by atoms with Crippen LogP contribution in [0.15, 0.2) is 36.5 Å². The number of hydrogen-bond acceptors (Lipinski definition) is 2. The molecule has 2 nitrogen and oxygen atoms in total. The van der Waals surface area contributed by atoms with Gasteiger partial charge in [0, 0.05) is 11.8 Å².